The van der Waals surface area contributed by atoms with Crippen molar-refractivity contribution in [2.45, 2.75) is 83.7 Å². The van der Waals surface area contributed by atoms with Crippen LogP contribution in [0.3, 0.4) is 0 Å². The van der Waals surface area contributed by atoms with Crippen molar-refractivity contribution < 1.29 is 41.0 Å². The lowest BCUT2D eigenvalue weighted by molar-refractivity contribution is 0.0115. The number of nitrogen functional groups attached to an aromatic ring is 1. The Morgan fingerprint density at radius 1 is 0.598 bits per heavy atom. The van der Waals surface area contributed by atoms with Crippen LogP contribution in [0, 0.1) is 6.92 Å². The van der Waals surface area contributed by atoms with Crippen LogP contribution in [0.2, 0.25) is 5.28 Å². The lowest BCUT2D eigenvalue weighted by Crippen LogP contribution is -2.49. The number of hydrogen-bond acceptors (Lipinski definition) is 24. The molecule has 0 unspecified atom stereocenters. The number of nitrogens with two attached hydrogens (primary N) is 1. The topological polar surface area (TPSA) is 313 Å². The molecule has 0 amide bonds. The zero-order chi connectivity index (χ0) is 76.0. The van der Waals surface area contributed by atoms with Crippen LogP contribution in [0.25, 0.3) is 22.5 Å². The van der Waals surface area contributed by atoms with Gasteiger partial charge in [0.2, 0.25) is 11.2 Å². The third-order valence-electron chi connectivity index (χ3n) is 18.8. The molecular weight excluding hydrogens is 1570 g/mol. The van der Waals surface area contributed by atoms with Crippen molar-refractivity contribution in [1.29, 1.82) is 0 Å². The molecule has 4 fully saturated rings. The van der Waals surface area contributed by atoms with E-state index in [2.05, 4.69) is 141 Å². The van der Waals surface area contributed by atoms with Crippen molar-refractivity contribution in [2.75, 3.05) is 151 Å². The molecule has 4 aliphatic rings. The van der Waals surface area contributed by atoms with Gasteiger partial charge in [-0.05, 0) is 175 Å². The predicted molar refractivity (Wildman–Crippen MR) is 438 cm³/mol. The second-order valence-corrected chi connectivity index (χ2v) is 36.7. The number of aryl methyl sites for hydroxylation is 5. The molecule has 9 aromatic rings. The van der Waals surface area contributed by atoms with Gasteiger partial charge in [-0.15, -0.1) is 0 Å². The van der Waals surface area contributed by atoms with Gasteiger partial charge in [0.15, 0.2) is 0 Å². The number of anilines is 9. The van der Waals surface area contributed by atoms with Crippen LogP contribution in [0.15, 0.2) is 124 Å². The maximum absolute atomic E-state index is 13.4. The maximum atomic E-state index is 13.4. The van der Waals surface area contributed by atoms with Crippen LogP contribution in [-0.2, 0) is 55.7 Å². The van der Waals surface area contributed by atoms with Gasteiger partial charge in [0.05, 0.1) is 89.6 Å². The molecule has 4 aromatic heterocycles. The van der Waals surface area contributed by atoms with Crippen LogP contribution in [-0.4, -0.2) is 204 Å². The highest BCUT2D eigenvalue weighted by Crippen LogP contribution is 2.43. The zero-order valence-electron chi connectivity index (χ0n) is 61.8. The molecule has 0 spiro atoms. The Kier molecular flexibility index (Phi) is 29.4. The van der Waals surface area contributed by atoms with Crippen molar-refractivity contribution in [3.63, 3.8) is 0 Å². The minimum absolute atomic E-state index is 0. The molecule has 576 valence electrons. The van der Waals surface area contributed by atoms with Gasteiger partial charge in [0, 0.05) is 136 Å². The Morgan fingerprint density at radius 3 is 1.46 bits per heavy atom. The first-order chi connectivity index (χ1) is 50.6. The van der Waals surface area contributed by atoms with Crippen LogP contribution in [0.4, 0.5) is 51.7 Å². The molecule has 33 heteroatoms. The number of nitrogens with zero attached hydrogens (tertiary/aromatic N) is 14. The average Bonchev–Trinajstić information content (AvgIpc) is 0.872. The van der Waals surface area contributed by atoms with Gasteiger partial charge in [-0.2, -0.15) is 48.4 Å². The summed E-state index contributed by atoms with van der Waals surface area (Å²) in [7, 11) is -2.37. The summed E-state index contributed by atoms with van der Waals surface area (Å²) in [4.78, 5) is 30.5. The van der Waals surface area contributed by atoms with Gasteiger partial charge in [0.1, 0.15) is 48.8 Å². The van der Waals surface area contributed by atoms with Gasteiger partial charge in [-0.3, -0.25) is 14.4 Å². The molecule has 27 nitrogen and oxygen atoms in total. The number of ether oxygens (including phenoxy) is 4. The van der Waals surface area contributed by atoms with E-state index in [4.69, 9.17) is 45.8 Å². The number of morpholine rings is 2. The predicted octanol–water partition coefficient (Wildman–Crippen LogP) is 13.3. The SMILES string of the molecule is C.CCc1cc(N)c(OC)cc1N1CCC(N2CCOCC2)CC1.CCc1cc(Nc2ncc(Br)c(Nc3ccc(-c4cnn(C)n4)cc3P(C)(C)=O)n2)c(OC)cc1N1CCC(N2CCOCC2)CC1.Cc1ccc(S(=O)(=O)O)cc1.Cn1ncc(-c2ccc(Nc3nc(Cl)ncc3Br)c(P(C)(C)=O)c2)n1. The van der Waals surface area contributed by atoms with E-state index in [1.807, 2.05) is 43.3 Å². The Labute approximate surface area is 650 Å². The van der Waals surface area contributed by atoms with E-state index in [0.29, 0.717) is 66.3 Å². The summed E-state index contributed by atoms with van der Waals surface area (Å²) in [5, 5.41) is 28.4. The summed E-state index contributed by atoms with van der Waals surface area (Å²) < 4.78 is 79.4. The minimum atomic E-state index is -4.02. The molecule has 0 atom stereocenters. The largest absolute Gasteiger partial charge is 0.495 e. The number of aromatic nitrogens is 10. The summed E-state index contributed by atoms with van der Waals surface area (Å²) in [6, 6.07) is 27.1. The number of piperidine rings is 2. The second kappa shape index (κ2) is 37.7. The average molecular weight is 1670 g/mol. The number of nitrogens with one attached hydrogen (secondary N) is 3. The van der Waals surface area contributed by atoms with E-state index in [-0.39, 0.29) is 17.6 Å². The minimum Gasteiger partial charge on any atom is -0.495 e. The molecule has 107 heavy (non-hydrogen) atoms. The number of methoxy groups -OCH3 is 2. The first kappa shape index (κ1) is 83.4. The summed E-state index contributed by atoms with van der Waals surface area (Å²) in [5.41, 5.74) is 18.1. The Hall–Kier alpha value is -7.60. The highest BCUT2D eigenvalue weighted by Gasteiger charge is 2.30. The molecule has 6 N–H and O–H groups in total. The molecule has 5 aromatic carbocycles. The third kappa shape index (κ3) is 22.3. The van der Waals surface area contributed by atoms with Crippen molar-refractivity contribution >= 4 is 130 Å². The summed E-state index contributed by atoms with van der Waals surface area (Å²) in [5.74, 6) is 2.96. The van der Waals surface area contributed by atoms with Gasteiger partial charge < -0.3 is 59.6 Å². The van der Waals surface area contributed by atoms with Crippen molar-refractivity contribution in [2.24, 2.45) is 14.1 Å². The summed E-state index contributed by atoms with van der Waals surface area (Å²) in [6.07, 6.45) is 13.2. The number of rotatable bonds is 19. The highest BCUT2D eigenvalue weighted by atomic mass is 79.9. The van der Waals surface area contributed by atoms with E-state index in [1.165, 1.54) is 57.1 Å². The molecule has 0 bridgehead atoms. The van der Waals surface area contributed by atoms with E-state index in [9.17, 15) is 17.5 Å². The lowest BCUT2D eigenvalue weighted by Gasteiger charge is -2.41. The van der Waals surface area contributed by atoms with Crippen LogP contribution in [0.1, 0.15) is 63.6 Å². The van der Waals surface area contributed by atoms with Crippen LogP contribution >= 0.6 is 57.7 Å². The van der Waals surface area contributed by atoms with Gasteiger partial charge >= 0.3 is 0 Å². The van der Waals surface area contributed by atoms with Crippen molar-refractivity contribution in [3.8, 4) is 34.0 Å². The van der Waals surface area contributed by atoms with Crippen molar-refractivity contribution in [1.82, 2.24) is 59.7 Å². The van der Waals surface area contributed by atoms with E-state index >= 15 is 0 Å². The quantitative estimate of drug-likeness (QED) is 0.0217. The first-order valence-electron chi connectivity index (χ1n) is 35.1. The lowest BCUT2D eigenvalue weighted by atomic mass is 10.00. The van der Waals surface area contributed by atoms with Gasteiger partial charge in [0.25, 0.3) is 10.1 Å². The zero-order valence-corrected chi connectivity index (χ0v) is 68.3. The van der Waals surface area contributed by atoms with Gasteiger partial charge in [-0.25, -0.2) is 9.97 Å². The molecular formula is C74H99Br2ClN18O9P2S. The molecule has 0 radical (unpaired) electrons. The van der Waals surface area contributed by atoms with Crippen molar-refractivity contribution in [3.05, 3.63) is 141 Å². The fourth-order valence-corrected chi connectivity index (χ4v) is 16.7. The molecule has 0 aliphatic carbocycles. The Morgan fingerprint density at radius 2 is 1.04 bits per heavy atom. The maximum Gasteiger partial charge on any atom is 0.294 e. The molecule has 4 saturated heterocycles. The van der Waals surface area contributed by atoms with E-state index in [0.717, 1.165) is 150 Å². The second-order valence-electron chi connectivity index (χ2n) is 26.8. The van der Waals surface area contributed by atoms with E-state index in [1.54, 1.807) is 91.9 Å². The monoisotopic (exact) mass is 1670 g/mol. The molecule has 0 saturated carbocycles. The Balaban J connectivity index is 0.000000185. The normalized spacial score (nSPS) is 15.5. The van der Waals surface area contributed by atoms with Gasteiger partial charge in [-0.1, -0.05) is 51.1 Å². The number of benzene rings is 5. The fraction of sp³-hybridized carbons (Fsp3) is 0.432. The number of hydrogen-bond donors (Lipinski definition) is 5. The molecule has 13 rings (SSSR count). The standard InChI is InChI=1S/C33H43BrN9O3P.C18H29N3O2.C15H15BrClN6OP.C7H8O3S.CH4/c1-6-22-17-27(30(45-3)19-29(22)43-11-9-24(10-12-43)42-13-15-46-16-14-42)38-33-35-20-25(34)32(39-33)37-26-8-7-23(18-31(26)47(4,5)44)28-21-36-41(2)40-28;1-3-14-12-16(19)18(22-2)13-17(14)21-6-4-15(5-7-21)20-8-10-23-11-9-20;1-23-19-8-12(22-23)9-4-5-11(13(6-9)25(2,3)24)20-14-10(16)7-18-15(17)21-14;1-6-2-4-7(5-3-6)11(8,9)10;/h7-8,17-21,24H,6,9-16H2,1-5H3,(H2,35,37,38,39);12-13,15H,3-11,19H2,1-2H3;4-8H,1-3H3,(H,18,20,21);2-5H,1H3,(H,8,9,10);1H4. The smallest absolute Gasteiger partial charge is 0.294 e. The molecule has 8 heterocycles. The first-order valence-corrected chi connectivity index (χ1v) is 43.7. The Bertz CT molecular complexity index is 4700. The summed E-state index contributed by atoms with van der Waals surface area (Å²) in [6.45, 7) is 25.1. The van der Waals surface area contributed by atoms with E-state index < -0.39 is 24.4 Å². The molecule has 4 aliphatic heterocycles. The van der Waals surface area contributed by atoms with Crippen LogP contribution in [0.5, 0.6) is 11.5 Å². The third-order valence-corrected chi connectivity index (χ3v) is 24.1. The number of halogens is 3. The summed E-state index contributed by atoms with van der Waals surface area (Å²) >= 11 is 12.8. The van der Waals surface area contributed by atoms with Crippen LogP contribution < -0.4 is 51.6 Å². The fourth-order valence-electron chi connectivity index (χ4n) is 13.1. The highest BCUT2D eigenvalue weighted by molar-refractivity contribution is 9.11.